The van der Waals surface area contributed by atoms with Crippen LogP contribution in [0.15, 0.2) is 84.0 Å². The van der Waals surface area contributed by atoms with Crippen LogP contribution in [0.3, 0.4) is 0 Å². The van der Waals surface area contributed by atoms with E-state index in [0.717, 1.165) is 34.5 Å². The smallest absolute Gasteiger partial charge is 0.141 e. The Morgan fingerprint density at radius 3 is 2.35 bits per heavy atom. The zero-order valence-electron chi connectivity index (χ0n) is 14.2. The summed E-state index contributed by atoms with van der Waals surface area (Å²) in [7, 11) is 0. The molecule has 0 amide bonds. The van der Waals surface area contributed by atoms with E-state index in [1.54, 1.807) is 0 Å². The van der Waals surface area contributed by atoms with Crippen LogP contribution in [0.2, 0.25) is 0 Å². The molecule has 0 aliphatic heterocycles. The number of hydrogen-bond acceptors (Lipinski definition) is 2. The van der Waals surface area contributed by atoms with Crippen LogP contribution in [0.25, 0.3) is 32.9 Å². The molecule has 5 heteroatoms. The summed E-state index contributed by atoms with van der Waals surface area (Å²) in [4.78, 5) is 7.66. The largest absolute Gasteiger partial charge is 0.319 e. The molecular weight excluding hydrogens is 322 g/mol. The van der Waals surface area contributed by atoms with Gasteiger partial charge in [-0.15, -0.1) is 0 Å². The van der Waals surface area contributed by atoms with Crippen LogP contribution in [0, 0.1) is 0 Å². The number of imidazole rings is 1. The molecule has 0 aliphatic rings. The first-order valence-electron chi connectivity index (χ1n) is 8.44. The van der Waals surface area contributed by atoms with E-state index in [2.05, 4.69) is 44.9 Å². The summed E-state index contributed by atoms with van der Waals surface area (Å²) in [6.07, 6.45) is 0. The van der Waals surface area contributed by atoms with Gasteiger partial charge in [0.15, 0.2) is 0 Å². The van der Waals surface area contributed by atoms with Gasteiger partial charge >= 0.3 is 0 Å². The molecule has 1 heterocycles. The van der Waals surface area contributed by atoms with Gasteiger partial charge in [-0.3, -0.25) is 0 Å². The van der Waals surface area contributed by atoms with Gasteiger partial charge in [0, 0.05) is 17.0 Å². The Balaban J connectivity index is 1.79. The normalized spacial score (nSPS) is 10.6. The molecule has 0 aliphatic carbocycles. The minimum absolute atomic E-state index is 0.358. The Hall–Kier alpha value is -3.56. The molecule has 0 radical (unpaired) electrons. The minimum Gasteiger partial charge on any atom is -0.319 e. The van der Waals surface area contributed by atoms with Gasteiger partial charge in [0.25, 0.3) is 0 Å². The van der Waals surface area contributed by atoms with Crippen molar-refractivity contribution in [3.63, 3.8) is 0 Å². The molecule has 5 nitrogen and oxygen atoms in total. The lowest BCUT2D eigenvalue weighted by atomic mass is 10.1. The van der Waals surface area contributed by atoms with E-state index >= 15 is 0 Å². The van der Waals surface area contributed by atoms with E-state index in [4.69, 9.17) is 10.5 Å². The molecular formula is C21H17N5. The molecule has 3 aromatic carbocycles. The molecule has 126 valence electrons. The third-order valence-electron chi connectivity index (χ3n) is 4.37. The lowest BCUT2D eigenvalue weighted by Crippen LogP contribution is -2.02. The van der Waals surface area contributed by atoms with Crippen molar-refractivity contribution in [3.8, 4) is 11.4 Å². The van der Waals surface area contributed by atoms with Crippen molar-refractivity contribution in [2.45, 2.75) is 13.1 Å². The highest BCUT2D eigenvalue weighted by molar-refractivity contribution is 5.80. The van der Waals surface area contributed by atoms with Gasteiger partial charge < -0.3 is 4.57 Å². The monoisotopic (exact) mass is 339 g/mol. The molecule has 0 N–H and O–H groups in total. The van der Waals surface area contributed by atoms with Gasteiger partial charge in [0.05, 0.1) is 17.6 Å². The maximum atomic E-state index is 8.46. The fraction of sp³-hybridized carbons (Fsp3) is 0.0952. The number of benzene rings is 3. The third-order valence-corrected chi connectivity index (χ3v) is 4.37. The molecule has 0 bridgehead atoms. The molecule has 0 unspecified atom stereocenters. The Kier molecular flexibility index (Phi) is 4.37. The number of rotatable bonds is 5. The number of fused-ring (bicyclic) bond motifs is 1. The summed E-state index contributed by atoms with van der Waals surface area (Å²) in [5.74, 6) is 0.936. The molecule has 4 aromatic rings. The third kappa shape index (κ3) is 3.16. The van der Waals surface area contributed by atoms with Crippen molar-refractivity contribution in [1.82, 2.24) is 9.55 Å². The fourth-order valence-corrected chi connectivity index (χ4v) is 3.09. The summed E-state index contributed by atoms with van der Waals surface area (Å²) >= 11 is 0. The molecule has 0 spiro atoms. The first-order chi connectivity index (χ1) is 12.8. The lowest BCUT2D eigenvalue weighted by Gasteiger charge is -2.10. The SMILES string of the molecule is [N-]=[N+]=NCc1ccc(-c2nc3ccccc3n2Cc2ccccc2)cc1. The van der Waals surface area contributed by atoms with Gasteiger partial charge in [-0.25, -0.2) is 4.98 Å². The molecule has 0 fully saturated rings. The van der Waals surface area contributed by atoms with Gasteiger partial charge in [0.2, 0.25) is 0 Å². The number of aromatic nitrogens is 2. The van der Waals surface area contributed by atoms with Crippen LogP contribution in [-0.4, -0.2) is 9.55 Å². The van der Waals surface area contributed by atoms with Gasteiger partial charge in [-0.05, 0) is 28.8 Å². The Morgan fingerprint density at radius 2 is 1.58 bits per heavy atom. The molecule has 1 aromatic heterocycles. The summed E-state index contributed by atoms with van der Waals surface area (Å²) < 4.78 is 2.24. The first kappa shape index (κ1) is 15.9. The number of para-hydroxylation sites is 2. The second-order valence-corrected chi connectivity index (χ2v) is 6.08. The van der Waals surface area contributed by atoms with Crippen molar-refractivity contribution >= 4 is 11.0 Å². The summed E-state index contributed by atoms with van der Waals surface area (Å²) in [6.45, 7) is 1.12. The number of nitrogens with zero attached hydrogens (tertiary/aromatic N) is 5. The van der Waals surface area contributed by atoms with Crippen LogP contribution in [0.1, 0.15) is 11.1 Å². The van der Waals surface area contributed by atoms with Gasteiger partial charge in [-0.2, -0.15) is 0 Å². The van der Waals surface area contributed by atoms with Crippen molar-refractivity contribution in [2.75, 3.05) is 0 Å². The maximum absolute atomic E-state index is 8.46. The van der Waals surface area contributed by atoms with E-state index in [1.165, 1.54) is 5.56 Å². The van der Waals surface area contributed by atoms with Crippen LogP contribution in [-0.2, 0) is 13.1 Å². The maximum Gasteiger partial charge on any atom is 0.141 e. The zero-order valence-corrected chi connectivity index (χ0v) is 14.2. The fourth-order valence-electron chi connectivity index (χ4n) is 3.09. The van der Waals surface area contributed by atoms with Gasteiger partial charge in [-0.1, -0.05) is 71.8 Å². The van der Waals surface area contributed by atoms with Crippen LogP contribution in [0.4, 0.5) is 0 Å². The predicted molar refractivity (Wildman–Crippen MR) is 104 cm³/mol. The van der Waals surface area contributed by atoms with Crippen LogP contribution in [0.5, 0.6) is 0 Å². The molecule has 4 rings (SSSR count). The van der Waals surface area contributed by atoms with Crippen molar-refractivity contribution in [3.05, 3.63) is 100 Å². The van der Waals surface area contributed by atoms with E-state index in [1.807, 2.05) is 48.5 Å². The number of hydrogen-bond donors (Lipinski definition) is 0. The highest BCUT2D eigenvalue weighted by atomic mass is 15.1. The van der Waals surface area contributed by atoms with Gasteiger partial charge in [0.1, 0.15) is 5.82 Å². The lowest BCUT2D eigenvalue weighted by molar-refractivity contribution is 0.834. The first-order valence-corrected chi connectivity index (χ1v) is 8.44. The van der Waals surface area contributed by atoms with Crippen molar-refractivity contribution in [1.29, 1.82) is 0 Å². The highest BCUT2D eigenvalue weighted by Crippen LogP contribution is 2.26. The summed E-state index contributed by atoms with van der Waals surface area (Å²) in [6, 6.07) is 26.6. The average molecular weight is 339 g/mol. The summed E-state index contributed by atoms with van der Waals surface area (Å²) in [5, 5.41) is 3.61. The van der Waals surface area contributed by atoms with E-state index in [0.29, 0.717) is 6.54 Å². The minimum atomic E-state index is 0.358. The molecule has 26 heavy (non-hydrogen) atoms. The quantitative estimate of drug-likeness (QED) is 0.266. The Bertz CT molecular complexity index is 1070. The molecule has 0 saturated heterocycles. The molecule has 0 atom stereocenters. The van der Waals surface area contributed by atoms with Crippen molar-refractivity contribution in [2.24, 2.45) is 5.11 Å². The highest BCUT2D eigenvalue weighted by Gasteiger charge is 2.12. The number of azide groups is 1. The van der Waals surface area contributed by atoms with E-state index in [-0.39, 0.29) is 0 Å². The summed E-state index contributed by atoms with van der Waals surface area (Å²) in [5.41, 5.74) is 13.8. The Labute approximate surface area is 151 Å². The van der Waals surface area contributed by atoms with Crippen LogP contribution < -0.4 is 0 Å². The second kappa shape index (κ2) is 7.13. The standard InChI is InChI=1S/C21H17N5/c22-25-23-14-16-10-12-18(13-11-16)21-24-19-8-4-5-9-20(19)26(21)15-17-6-2-1-3-7-17/h1-13H,14-15H2. The van der Waals surface area contributed by atoms with Crippen molar-refractivity contribution < 1.29 is 0 Å². The van der Waals surface area contributed by atoms with E-state index in [9.17, 15) is 0 Å². The van der Waals surface area contributed by atoms with E-state index < -0.39 is 0 Å². The second-order valence-electron chi connectivity index (χ2n) is 6.08. The van der Waals surface area contributed by atoms with Crippen LogP contribution >= 0.6 is 0 Å². The zero-order chi connectivity index (χ0) is 17.8. The average Bonchev–Trinajstić information content (AvgIpc) is 3.06. The topological polar surface area (TPSA) is 66.6 Å². The Morgan fingerprint density at radius 1 is 0.846 bits per heavy atom. The molecule has 0 saturated carbocycles. The predicted octanol–water partition coefficient (Wildman–Crippen LogP) is 5.56.